The van der Waals surface area contributed by atoms with E-state index in [-0.39, 0.29) is 0 Å². The number of nitrogens with zero attached hydrogens (tertiary/aromatic N) is 1. The van der Waals surface area contributed by atoms with E-state index in [1.807, 2.05) is 0 Å². The van der Waals surface area contributed by atoms with Gasteiger partial charge >= 0.3 is 173 Å². The molecule has 5 aromatic rings. The van der Waals surface area contributed by atoms with E-state index in [1.54, 1.807) is 14.4 Å². The molecule has 0 radical (unpaired) electrons. The summed E-state index contributed by atoms with van der Waals surface area (Å²) < 4.78 is 4.87. The molecule has 1 heterocycles. The molecule has 1 nitrogen and oxygen atoms in total. The molecule has 0 fully saturated rings. The summed E-state index contributed by atoms with van der Waals surface area (Å²) in [5.74, 6) is 0. The van der Waals surface area contributed by atoms with Crippen molar-refractivity contribution in [3.63, 3.8) is 0 Å². The molecule has 1 atom stereocenters. The Morgan fingerprint density at radius 1 is 0.707 bits per heavy atom. The zero-order valence-electron chi connectivity index (χ0n) is 24.3. The monoisotopic (exact) mass is 609 g/mol. The van der Waals surface area contributed by atoms with Crippen LogP contribution in [0.25, 0.3) is 22.7 Å². The Morgan fingerprint density at radius 3 is 1.98 bits per heavy atom. The first-order valence-corrected chi connectivity index (χ1v) is 17.3. The number of hydrogen-bond donors (Lipinski definition) is 0. The van der Waals surface area contributed by atoms with Crippen LogP contribution in [0.5, 0.6) is 0 Å². The van der Waals surface area contributed by atoms with Crippen molar-refractivity contribution in [1.82, 2.24) is 4.57 Å². The van der Waals surface area contributed by atoms with Crippen LogP contribution >= 0.6 is 0 Å². The van der Waals surface area contributed by atoms with Crippen molar-refractivity contribution in [2.24, 2.45) is 0 Å². The summed E-state index contributed by atoms with van der Waals surface area (Å²) in [5.41, 5.74) is 13.0. The molecule has 2 heteroatoms. The van der Waals surface area contributed by atoms with Gasteiger partial charge in [-0.25, -0.2) is 0 Å². The molecule has 1 aromatic heterocycles. The maximum Gasteiger partial charge on any atom is -0.0238 e. The second-order valence-electron chi connectivity index (χ2n) is 11.1. The van der Waals surface area contributed by atoms with Crippen LogP contribution in [0.3, 0.4) is 0 Å². The summed E-state index contributed by atoms with van der Waals surface area (Å²) in [6.07, 6.45) is 8.31. The van der Waals surface area contributed by atoms with Crippen LogP contribution in [-0.4, -0.2) is 4.57 Å². The summed E-state index contributed by atoms with van der Waals surface area (Å²) >= 11 is -0.783. The number of aryl methyl sites for hydroxylation is 3. The normalized spacial score (nSPS) is 15.7. The van der Waals surface area contributed by atoms with Gasteiger partial charge in [-0.1, -0.05) is 60.7 Å². The van der Waals surface area contributed by atoms with Crippen LogP contribution in [0.15, 0.2) is 136 Å². The zero-order valence-corrected chi connectivity index (χ0v) is 26.7. The van der Waals surface area contributed by atoms with E-state index in [9.17, 15) is 0 Å². The average Bonchev–Trinajstić information content (AvgIpc) is 3.65. The van der Waals surface area contributed by atoms with E-state index in [4.69, 9.17) is 0 Å². The SMILES string of the molecule is CC1=CC[C]([Zr][CH]2C(n3c(C)cc4ccccc43)=Cc3ccccc32)=C1C.c1ccc(CCc2ccccc2)cc1. The van der Waals surface area contributed by atoms with Gasteiger partial charge in [0.2, 0.25) is 0 Å². The van der Waals surface area contributed by atoms with Crippen molar-refractivity contribution in [1.29, 1.82) is 0 Å². The molecule has 2 aliphatic rings. The molecule has 4 aromatic carbocycles. The van der Waals surface area contributed by atoms with Gasteiger partial charge in [0.1, 0.15) is 0 Å². The Kier molecular flexibility index (Phi) is 8.49. The van der Waals surface area contributed by atoms with E-state index in [0.717, 1.165) is 12.8 Å². The molecule has 0 saturated heterocycles. The Hall–Kier alpha value is -3.48. The maximum absolute atomic E-state index is 2.52. The molecule has 0 N–H and O–H groups in total. The van der Waals surface area contributed by atoms with Crippen LogP contribution in [0.4, 0.5) is 0 Å². The van der Waals surface area contributed by atoms with Gasteiger partial charge in [-0.3, -0.25) is 0 Å². The number of benzene rings is 4. The van der Waals surface area contributed by atoms with Crippen LogP contribution in [0, 0.1) is 6.92 Å². The van der Waals surface area contributed by atoms with Crippen molar-refractivity contribution in [2.45, 2.75) is 43.7 Å². The molecule has 0 spiro atoms. The molecule has 41 heavy (non-hydrogen) atoms. The van der Waals surface area contributed by atoms with E-state index in [2.05, 4.69) is 153 Å². The zero-order chi connectivity index (χ0) is 28.2. The number of para-hydroxylation sites is 1. The van der Waals surface area contributed by atoms with Gasteiger partial charge in [-0.05, 0) is 24.0 Å². The number of allylic oxidation sites excluding steroid dienone is 5. The second kappa shape index (κ2) is 12.6. The summed E-state index contributed by atoms with van der Waals surface area (Å²) in [4.78, 5) is 0. The summed E-state index contributed by atoms with van der Waals surface area (Å²) in [6.45, 7) is 6.85. The maximum atomic E-state index is 2.52. The minimum Gasteiger partial charge on any atom is -0.0622 e. The van der Waals surface area contributed by atoms with E-state index >= 15 is 0 Å². The fourth-order valence-electron chi connectivity index (χ4n) is 6.01. The van der Waals surface area contributed by atoms with Gasteiger partial charge in [0, 0.05) is 0 Å². The Labute approximate surface area is 256 Å². The van der Waals surface area contributed by atoms with Gasteiger partial charge in [-0.15, -0.1) is 0 Å². The third kappa shape index (κ3) is 6.09. The fourth-order valence-corrected chi connectivity index (χ4v) is 10.3. The molecule has 1 unspecified atom stereocenters. The van der Waals surface area contributed by atoms with Gasteiger partial charge in [0.05, 0.1) is 0 Å². The second-order valence-corrected chi connectivity index (χ2v) is 14.7. The van der Waals surface area contributed by atoms with Crippen molar-refractivity contribution < 1.29 is 23.2 Å². The average molecular weight is 611 g/mol. The number of hydrogen-bond acceptors (Lipinski definition) is 0. The number of aromatic nitrogens is 1. The number of fused-ring (bicyclic) bond motifs is 2. The first kappa shape index (κ1) is 27.7. The molecule has 0 aliphatic heterocycles. The van der Waals surface area contributed by atoms with Crippen molar-refractivity contribution in [3.8, 4) is 0 Å². The molecule has 0 saturated carbocycles. The predicted octanol–water partition coefficient (Wildman–Crippen LogP) is 10.2. The van der Waals surface area contributed by atoms with Gasteiger partial charge < -0.3 is 0 Å². The van der Waals surface area contributed by atoms with Crippen LogP contribution in [0.2, 0.25) is 0 Å². The summed E-state index contributed by atoms with van der Waals surface area (Å²) in [7, 11) is 0. The van der Waals surface area contributed by atoms with Crippen LogP contribution in [0.1, 0.15) is 51.8 Å². The molecule has 2 aliphatic carbocycles. The quantitative estimate of drug-likeness (QED) is 0.180. The standard InChI is InChI=1S/C18H14N.C14H14.C7H9.Zr/c1-13-10-16-8-4-5-9-18(16)19(13)17-11-14-6-2-3-7-15(14)12-17;1-3-7-13(8-4-1)11-12-14-9-5-2-6-10-14;1-6-4-3-5-7(6)2;/h2-12H,1H3;1-10H,11-12H2;4H,3H2,1-2H3;. The van der Waals surface area contributed by atoms with Gasteiger partial charge in [0.15, 0.2) is 0 Å². The van der Waals surface area contributed by atoms with Crippen LogP contribution < -0.4 is 0 Å². The van der Waals surface area contributed by atoms with E-state index < -0.39 is 23.2 Å². The van der Waals surface area contributed by atoms with Crippen molar-refractivity contribution in [3.05, 3.63) is 164 Å². The predicted molar refractivity (Wildman–Crippen MR) is 171 cm³/mol. The first-order valence-electron chi connectivity index (χ1n) is 14.7. The fraction of sp³-hybridized carbons (Fsp3) is 0.179. The Balaban J connectivity index is 0.000000182. The molecule has 0 bridgehead atoms. The molecule has 7 rings (SSSR count). The Morgan fingerprint density at radius 2 is 1.32 bits per heavy atom. The summed E-state index contributed by atoms with van der Waals surface area (Å²) in [5, 5.41) is 1.34. The summed E-state index contributed by atoms with van der Waals surface area (Å²) in [6, 6.07) is 41.4. The van der Waals surface area contributed by atoms with Crippen LogP contribution in [-0.2, 0) is 36.1 Å². The van der Waals surface area contributed by atoms with E-state index in [1.165, 1.54) is 51.0 Å². The largest absolute Gasteiger partial charge is 0.0622 e. The van der Waals surface area contributed by atoms with Crippen molar-refractivity contribution in [2.75, 3.05) is 0 Å². The molecular formula is C39H37NZr. The van der Waals surface area contributed by atoms with Crippen molar-refractivity contribution >= 4 is 22.7 Å². The number of rotatable bonds is 6. The topological polar surface area (TPSA) is 4.93 Å². The smallest absolute Gasteiger partial charge is 0.0238 e. The third-order valence-corrected chi connectivity index (χ3v) is 12.9. The molecule has 202 valence electrons. The van der Waals surface area contributed by atoms with Gasteiger partial charge in [0.25, 0.3) is 0 Å². The van der Waals surface area contributed by atoms with Gasteiger partial charge in [-0.2, -0.15) is 0 Å². The molecule has 0 amide bonds. The minimum absolute atomic E-state index is 0.587. The molecular weight excluding hydrogens is 574 g/mol. The first-order chi connectivity index (χ1) is 20.1. The third-order valence-electron chi connectivity index (χ3n) is 8.42. The Bertz CT molecular complexity index is 1710. The minimum atomic E-state index is -0.783. The van der Waals surface area contributed by atoms with E-state index in [0.29, 0.717) is 3.63 Å².